The number of hydrogen-bond donors (Lipinski definition) is 1. The Morgan fingerprint density at radius 2 is 1.76 bits per heavy atom. The van der Waals surface area contributed by atoms with E-state index in [-0.39, 0.29) is 16.4 Å². The molecule has 2 amide bonds. The van der Waals surface area contributed by atoms with E-state index >= 15 is 0 Å². The molecule has 2 heterocycles. The molecule has 1 aliphatic heterocycles. The minimum absolute atomic E-state index is 0.0145. The molecular weight excluding hydrogens is 456 g/mol. The number of methoxy groups -OCH3 is 1. The predicted molar refractivity (Wildman–Crippen MR) is 131 cm³/mol. The number of anilines is 1. The third-order valence-corrected chi connectivity index (χ3v) is 5.79. The summed E-state index contributed by atoms with van der Waals surface area (Å²) >= 11 is 5.25. The molecule has 0 atom stereocenters. The average molecular weight is 477 g/mol. The Balaban J connectivity index is 1.74. The van der Waals surface area contributed by atoms with Crippen molar-refractivity contribution in [2.75, 3.05) is 12.0 Å². The van der Waals surface area contributed by atoms with Crippen LogP contribution in [0, 0.1) is 24.0 Å². The van der Waals surface area contributed by atoms with Crippen molar-refractivity contribution in [3.63, 3.8) is 0 Å². The quantitative estimate of drug-likeness (QED) is 0.197. The molecule has 2 aromatic carbocycles. The lowest BCUT2D eigenvalue weighted by molar-refractivity contribution is -0.384. The number of benzene rings is 2. The number of aromatic nitrogens is 1. The van der Waals surface area contributed by atoms with Gasteiger partial charge in [0.25, 0.3) is 17.5 Å². The highest BCUT2D eigenvalue weighted by Gasteiger charge is 2.34. The molecule has 1 saturated heterocycles. The zero-order valence-electron chi connectivity index (χ0n) is 18.6. The summed E-state index contributed by atoms with van der Waals surface area (Å²) in [7, 11) is 1.54. The van der Waals surface area contributed by atoms with Crippen molar-refractivity contribution in [3.8, 4) is 11.4 Å². The Kier molecular flexibility index (Phi) is 5.99. The number of ether oxygens (including phenoxy) is 1. The van der Waals surface area contributed by atoms with Crippen LogP contribution in [0.4, 0.5) is 11.4 Å². The maximum absolute atomic E-state index is 13.3. The van der Waals surface area contributed by atoms with Gasteiger partial charge >= 0.3 is 0 Å². The molecule has 1 aliphatic rings. The van der Waals surface area contributed by atoms with Crippen LogP contribution in [0.3, 0.4) is 0 Å². The number of non-ortho nitro benzene ring substituents is 1. The molecule has 10 heteroatoms. The van der Waals surface area contributed by atoms with Crippen LogP contribution in [0.5, 0.6) is 5.75 Å². The monoisotopic (exact) mass is 476 g/mol. The van der Waals surface area contributed by atoms with E-state index in [2.05, 4.69) is 5.32 Å². The summed E-state index contributed by atoms with van der Waals surface area (Å²) in [6, 6.07) is 14.8. The molecule has 0 radical (unpaired) electrons. The van der Waals surface area contributed by atoms with Crippen LogP contribution in [0.2, 0.25) is 0 Å². The highest BCUT2D eigenvalue weighted by Crippen LogP contribution is 2.28. The summed E-state index contributed by atoms with van der Waals surface area (Å²) < 4.78 is 6.98. The number of nitrogens with zero attached hydrogens (tertiary/aromatic N) is 3. The Bertz CT molecular complexity index is 1370. The van der Waals surface area contributed by atoms with Gasteiger partial charge in [0.2, 0.25) is 0 Å². The van der Waals surface area contributed by atoms with Crippen LogP contribution in [0.15, 0.2) is 60.2 Å². The Labute approximate surface area is 200 Å². The van der Waals surface area contributed by atoms with Crippen molar-refractivity contribution < 1.29 is 19.2 Å². The maximum atomic E-state index is 13.3. The summed E-state index contributed by atoms with van der Waals surface area (Å²) in [4.78, 5) is 38.0. The van der Waals surface area contributed by atoms with Crippen molar-refractivity contribution in [1.29, 1.82) is 0 Å². The molecule has 4 rings (SSSR count). The number of rotatable bonds is 5. The fourth-order valence-electron chi connectivity index (χ4n) is 3.86. The number of nitrogens with one attached hydrogen (secondary N) is 1. The van der Waals surface area contributed by atoms with Gasteiger partial charge in [-0.15, -0.1) is 0 Å². The Morgan fingerprint density at radius 3 is 2.41 bits per heavy atom. The van der Waals surface area contributed by atoms with E-state index < -0.39 is 16.7 Å². The van der Waals surface area contributed by atoms with Gasteiger partial charge in [-0.3, -0.25) is 29.9 Å². The smallest absolute Gasteiger partial charge is 0.271 e. The molecule has 1 fully saturated rings. The summed E-state index contributed by atoms with van der Waals surface area (Å²) in [5, 5.41) is 13.7. The first-order valence-corrected chi connectivity index (χ1v) is 10.6. The lowest BCUT2D eigenvalue weighted by Crippen LogP contribution is -2.54. The standard InChI is InChI=1S/C24H20N4O5S/c1-14-11-16(15(2)26(14)18-5-4-6-19(13-18)28(31)32)12-21-22(29)25-24(34)27(23(21)30)17-7-9-20(33-3)10-8-17/h4-13H,1-3H3,(H,25,29,34)/b21-12+. The number of nitro benzene ring substituents is 1. The fourth-order valence-corrected chi connectivity index (χ4v) is 4.14. The third kappa shape index (κ3) is 4.06. The van der Waals surface area contributed by atoms with Gasteiger partial charge < -0.3 is 9.30 Å². The van der Waals surface area contributed by atoms with Gasteiger partial charge in [0.05, 0.1) is 23.4 Å². The largest absolute Gasteiger partial charge is 0.497 e. The predicted octanol–water partition coefficient (Wildman–Crippen LogP) is 3.84. The maximum Gasteiger partial charge on any atom is 0.271 e. The van der Waals surface area contributed by atoms with E-state index in [1.54, 1.807) is 36.4 Å². The number of nitro groups is 1. The molecule has 172 valence electrons. The number of amides is 2. The number of thiocarbonyl (C=S) groups is 1. The van der Waals surface area contributed by atoms with Gasteiger partial charge in [-0.25, -0.2) is 0 Å². The van der Waals surface area contributed by atoms with Crippen LogP contribution >= 0.6 is 12.2 Å². The van der Waals surface area contributed by atoms with Gasteiger partial charge in [0.1, 0.15) is 11.3 Å². The van der Waals surface area contributed by atoms with Gasteiger partial charge in [0.15, 0.2) is 5.11 Å². The minimum Gasteiger partial charge on any atom is -0.497 e. The molecular formula is C24H20N4O5S. The highest BCUT2D eigenvalue weighted by atomic mass is 32.1. The Morgan fingerprint density at radius 1 is 1.06 bits per heavy atom. The second-order valence-electron chi connectivity index (χ2n) is 7.59. The van der Waals surface area contributed by atoms with Crippen LogP contribution in [0.25, 0.3) is 11.8 Å². The fraction of sp³-hybridized carbons (Fsp3) is 0.125. The van der Waals surface area contributed by atoms with Crippen molar-refractivity contribution in [2.24, 2.45) is 0 Å². The zero-order valence-corrected chi connectivity index (χ0v) is 19.4. The first-order chi connectivity index (χ1) is 16.2. The lowest BCUT2D eigenvalue weighted by atomic mass is 10.1. The van der Waals surface area contributed by atoms with E-state index in [1.807, 2.05) is 24.5 Å². The van der Waals surface area contributed by atoms with Crippen molar-refractivity contribution in [1.82, 2.24) is 9.88 Å². The van der Waals surface area contributed by atoms with E-state index in [0.29, 0.717) is 22.7 Å². The van der Waals surface area contributed by atoms with Crippen molar-refractivity contribution >= 4 is 46.6 Å². The molecule has 0 aliphatic carbocycles. The van der Waals surface area contributed by atoms with E-state index in [9.17, 15) is 19.7 Å². The second-order valence-corrected chi connectivity index (χ2v) is 7.98. The van der Waals surface area contributed by atoms with Gasteiger partial charge in [-0.2, -0.15) is 0 Å². The molecule has 0 bridgehead atoms. The third-order valence-electron chi connectivity index (χ3n) is 5.50. The molecule has 34 heavy (non-hydrogen) atoms. The summed E-state index contributed by atoms with van der Waals surface area (Å²) in [6.07, 6.45) is 1.51. The lowest BCUT2D eigenvalue weighted by Gasteiger charge is -2.29. The summed E-state index contributed by atoms with van der Waals surface area (Å²) in [6.45, 7) is 3.66. The number of carbonyl (C=O) groups excluding carboxylic acids is 2. The number of carbonyl (C=O) groups is 2. The van der Waals surface area contributed by atoms with Crippen LogP contribution in [-0.2, 0) is 9.59 Å². The molecule has 1 N–H and O–H groups in total. The van der Waals surface area contributed by atoms with Crippen LogP contribution in [0.1, 0.15) is 17.0 Å². The molecule has 1 aromatic heterocycles. The molecule has 0 saturated carbocycles. The summed E-state index contributed by atoms with van der Waals surface area (Å²) in [5.74, 6) is -0.536. The van der Waals surface area contributed by atoms with Gasteiger partial charge in [-0.1, -0.05) is 6.07 Å². The molecule has 3 aromatic rings. The number of aryl methyl sites for hydroxylation is 1. The summed E-state index contributed by atoms with van der Waals surface area (Å²) in [5.41, 5.74) is 3.12. The van der Waals surface area contributed by atoms with Crippen molar-refractivity contribution in [2.45, 2.75) is 13.8 Å². The van der Waals surface area contributed by atoms with E-state index in [0.717, 1.165) is 11.4 Å². The first-order valence-electron chi connectivity index (χ1n) is 10.2. The highest BCUT2D eigenvalue weighted by molar-refractivity contribution is 7.80. The molecule has 0 unspecified atom stereocenters. The topological polar surface area (TPSA) is 107 Å². The SMILES string of the molecule is COc1ccc(N2C(=O)/C(=C/c3cc(C)n(-c4cccc([N+](=O)[O-])c4)c3C)C(=O)NC2=S)cc1. The van der Waals surface area contributed by atoms with Gasteiger partial charge in [-0.05, 0) is 74.1 Å². The van der Waals surface area contributed by atoms with Crippen LogP contribution in [-0.4, -0.2) is 33.5 Å². The second kappa shape index (κ2) is 8.91. The van der Waals surface area contributed by atoms with Crippen molar-refractivity contribution in [3.05, 3.63) is 87.2 Å². The Hall–Kier alpha value is -4.31. The van der Waals surface area contributed by atoms with Crippen LogP contribution < -0.4 is 15.0 Å². The van der Waals surface area contributed by atoms with E-state index in [1.165, 1.54) is 30.2 Å². The average Bonchev–Trinajstić information content (AvgIpc) is 3.09. The first kappa shape index (κ1) is 22.9. The normalized spacial score (nSPS) is 15.0. The minimum atomic E-state index is -0.597. The van der Waals surface area contributed by atoms with Gasteiger partial charge in [0, 0.05) is 23.5 Å². The molecule has 0 spiro atoms. The molecule has 9 nitrogen and oxygen atoms in total. The van der Waals surface area contributed by atoms with E-state index in [4.69, 9.17) is 17.0 Å². The zero-order chi connectivity index (χ0) is 24.6. The number of hydrogen-bond acceptors (Lipinski definition) is 6.